The maximum absolute atomic E-state index is 13.2. The molecule has 0 radical (unpaired) electrons. The van der Waals surface area contributed by atoms with Crippen LogP contribution in [-0.4, -0.2) is 45.8 Å². The van der Waals surface area contributed by atoms with E-state index in [0.29, 0.717) is 10.8 Å². The summed E-state index contributed by atoms with van der Waals surface area (Å²) < 4.78 is 19.4. The number of aromatic nitrogens is 1. The van der Waals surface area contributed by atoms with Crippen LogP contribution in [0, 0.1) is 11.1 Å². The Morgan fingerprint density at radius 3 is 2.36 bits per heavy atom. The van der Waals surface area contributed by atoms with Gasteiger partial charge in [0.1, 0.15) is 12.6 Å². The van der Waals surface area contributed by atoms with Crippen molar-refractivity contribution in [2.75, 3.05) is 5.75 Å². The lowest BCUT2D eigenvalue weighted by Crippen LogP contribution is -2.41. The molecule has 2 N–H and O–H groups in total. The Bertz CT molecular complexity index is 2130. The van der Waals surface area contributed by atoms with Crippen LogP contribution in [-0.2, 0) is 43.6 Å². The quantitative estimate of drug-likeness (QED) is 0.0622. The van der Waals surface area contributed by atoms with Gasteiger partial charge in [-0.25, -0.2) is 4.79 Å². The molecule has 0 bridgehead atoms. The fourth-order valence-electron chi connectivity index (χ4n) is 6.77. The van der Waals surface area contributed by atoms with Gasteiger partial charge in [0, 0.05) is 29.4 Å². The molecule has 12 heteroatoms. The van der Waals surface area contributed by atoms with Crippen LogP contribution < -0.4 is 10.0 Å². The second kappa shape index (κ2) is 17.3. The highest BCUT2D eigenvalue weighted by atomic mass is 32.2. The monoisotopic (exact) mass is 759 g/mol. The Morgan fingerprint density at radius 1 is 0.873 bits per heavy atom. The van der Waals surface area contributed by atoms with Crippen LogP contribution in [0.4, 0.5) is 4.79 Å². The van der Waals surface area contributed by atoms with E-state index < -0.39 is 24.3 Å². The summed E-state index contributed by atoms with van der Waals surface area (Å²) in [4.78, 5) is 39.8. The molecule has 55 heavy (non-hydrogen) atoms. The lowest BCUT2D eigenvalue weighted by Gasteiger charge is -2.41. The largest absolute Gasteiger partial charge is 0.618 e. The number of imide groups is 1. The summed E-state index contributed by atoms with van der Waals surface area (Å²) in [6.07, 6.45) is -0.729. The van der Waals surface area contributed by atoms with Crippen molar-refractivity contribution < 1.29 is 38.4 Å². The fourth-order valence-corrected chi connectivity index (χ4v) is 7.85. The first-order valence-electron chi connectivity index (χ1n) is 18.1. The third kappa shape index (κ3) is 9.06. The number of likely N-dealkylation sites (tertiary alicyclic amines) is 1. The highest BCUT2D eigenvalue weighted by Crippen LogP contribution is 2.43. The molecule has 282 valence electrons. The number of nitrogens with one attached hydrogen (secondary N) is 1. The first-order valence-corrected chi connectivity index (χ1v) is 19.1. The zero-order valence-corrected chi connectivity index (χ0v) is 31.0. The molecule has 5 atom stereocenters. The molecule has 11 nitrogen and oxygen atoms in total. The number of ether oxygens (including phenoxy) is 3. The van der Waals surface area contributed by atoms with Crippen LogP contribution in [0.15, 0.2) is 133 Å². The molecular weight excluding hydrogens is 719 g/mol. The number of aliphatic hydroxyl groups is 1. The molecule has 5 aromatic rings. The molecule has 2 fully saturated rings. The predicted octanol–water partition coefficient (Wildman–Crippen LogP) is 6.62. The summed E-state index contributed by atoms with van der Waals surface area (Å²) in [6.45, 7) is 2.13. The van der Waals surface area contributed by atoms with Gasteiger partial charge in [0.05, 0.1) is 31.8 Å². The molecule has 2 aliphatic heterocycles. The van der Waals surface area contributed by atoms with Gasteiger partial charge in [-0.2, -0.15) is 4.73 Å². The standard InChI is InChI=1S/C43H41N3O8S/c1-28-37(27-55-39-15-5-6-20-46(39)51)53-42(54-40(28)32-18-16-29(25-47)17-19-32)35-14-8-13-34(22-35)33-12-7-11-31(21-33)24-45-38(48)23-36(41(45)49)44-43(50)52-26-30-9-3-2-4-10-30/h2-22,28,36-37,40,42,47H,23-27H2,1H3,(H,44,50)/t28-,36?,37+,40+,42+/m0/s1. The highest BCUT2D eigenvalue weighted by Gasteiger charge is 2.40. The summed E-state index contributed by atoms with van der Waals surface area (Å²) in [6, 6.07) is 36.7. The van der Waals surface area contributed by atoms with Gasteiger partial charge in [0.25, 0.3) is 10.9 Å². The van der Waals surface area contributed by atoms with Gasteiger partial charge < -0.3 is 29.8 Å². The van der Waals surface area contributed by atoms with Crippen molar-refractivity contribution in [2.45, 2.75) is 62.7 Å². The number of benzene rings is 4. The van der Waals surface area contributed by atoms with E-state index in [1.165, 1.54) is 18.0 Å². The number of alkyl carbamates (subject to hydrolysis) is 1. The molecule has 4 aromatic carbocycles. The van der Waals surface area contributed by atoms with Crippen LogP contribution in [0.3, 0.4) is 0 Å². The molecule has 3 amide bonds. The lowest BCUT2D eigenvalue weighted by atomic mass is 9.91. The van der Waals surface area contributed by atoms with Crippen molar-refractivity contribution in [1.82, 2.24) is 10.2 Å². The molecular formula is C43H41N3O8S. The van der Waals surface area contributed by atoms with Gasteiger partial charge in [-0.1, -0.05) is 110 Å². The fraction of sp³-hybridized carbons (Fsp3) is 0.256. The van der Waals surface area contributed by atoms with Gasteiger partial charge in [-0.05, 0) is 51.6 Å². The van der Waals surface area contributed by atoms with Crippen LogP contribution in [0.25, 0.3) is 11.1 Å². The summed E-state index contributed by atoms with van der Waals surface area (Å²) in [7, 11) is 0. The SMILES string of the molecule is C[C@H]1[C@@H](CSc2cccc[n+]2[O-])O[C@@H](c2cccc(-c3cccc(CN4C(=O)CC(NC(=O)OCc5ccccc5)C4=O)c3)c2)O[C@H]1c1ccc(CO)cc1. The number of carbonyl (C=O) groups excluding carboxylic acids is 3. The highest BCUT2D eigenvalue weighted by molar-refractivity contribution is 7.99. The van der Waals surface area contributed by atoms with Crippen molar-refractivity contribution >= 4 is 29.7 Å². The van der Waals surface area contributed by atoms with Crippen molar-refractivity contribution in [1.29, 1.82) is 0 Å². The van der Waals surface area contributed by atoms with Crippen molar-refractivity contribution in [3.05, 3.63) is 161 Å². The topological polar surface area (TPSA) is 141 Å². The third-order valence-corrected chi connectivity index (χ3v) is 10.9. The van der Waals surface area contributed by atoms with E-state index in [9.17, 15) is 24.7 Å². The maximum Gasteiger partial charge on any atom is 0.408 e. The minimum atomic E-state index is -0.999. The van der Waals surface area contributed by atoms with E-state index in [0.717, 1.165) is 48.6 Å². The van der Waals surface area contributed by atoms with Gasteiger partial charge in [-0.3, -0.25) is 14.5 Å². The van der Waals surface area contributed by atoms with Gasteiger partial charge in [-0.15, -0.1) is 0 Å². The maximum atomic E-state index is 13.2. The minimum Gasteiger partial charge on any atom is -0.618 e. The molecule has 1 unspecified atom stereocenters. The van der Waals surface area contributed by atoms with Crippen molar-refractivity contribution in [3.8, 4) is 11.1 Å². The Morgan fingerprint density at radius 2 is 1.60 bits per heavy atom. The van der Waals surface area contributed by atoms with Gasteiger partial charge in [0.15, 0.2) is 12.5 Å². The molecule has 0 aliphatic carbocycles. The van der Waals surface area contributed by atoms with E-state index in [1.54, 1.807) is 12.1 Å². The van der Waals surface area contributed by atoms with E-state index in [1.807, 2.05) is 109 Å². The smallest absolute Gasteiger partial charge is 0.408 e. The Hall–Kier alpha value is -5.53. The zero-order chi connectivity index (χ0) is 38.3. The summed E-state index contributed by atoms with van der Waals surface area (Å²) >= 11 is 1.43. The molecule has 2 saturated heterocycles. The van der Waals surface area contributed by atoms with Gasteiger partial charge >= 0.3 is 6.09 Å². The Labute approximate surface area is 323 Å². The second-order valence-corrected chi connectivity index (χ2v) is 14.6. The third-order valence-electron chi connectivity index (χ3n) is 9.82. The molecule has 1 aromatic heterocycles. The summed E-state index contributed by atoms with van der Waals surface area (Å²) in [5, 5.41) is 25.1. The number of amides is 3. The number of nitrogens with zero attached hydrogens (tertiary/aromatic N) is 2. The molecule has 0 saturated carbocycles. The number of pyridine rings is 1. The number of aliphatic hydroxyl groups excluding tert-OH is 1. The zero-order valence-electron chi connectivity index (χ0n) is 30.2. The first kappa shape index (κ1) is 37.8. The average Bonchev–Trinajstić information content (AvgIpc) is 3.47. The molecule has 7 rings (SSSR count). The Balaban J connectivity index is 1.05. The van der Waals surface area contributed by atoms with E-state index >= 15 is 0 Å². The van der Waals surface area contributed by atoms with Gasteiger partial charge in [0.2, 0.25) is 5.91 Å². The second-order valence-electron chi connectivity index (χ2n) is 13.6. The Kier molecular flexibility index (Phi) is 11.9. The normalized spacial score (nSPS) is 21.1. The van der Waals surface area contributed by atoms with Crippen LogP contribution in [0.5, 0.6) is 0 Å². The van der Waals surface area contributed by atoms with E-state index in [-0.39, 0.29) is 50.2 Å². The van der Waals surface area contributed by atoms with E-state index in [2.05, 4.69) is 12.2 Å². The number of carbonyl (C=O) groups is 3. The first-order chi connectivity index (χ1) is 26.7. The average molecular weight is 760 g/mol. The number of hydrogen-bond acceptors (Lipinski definition) is 9. The van der Waals surface area contributed by atoms with E-state index in [4.69, 9.17) is 14.2 Å². The lowest BCUT2D eigenvalue weighted by molar-refractivity contribution is -0.645. The van der Waals surface area contributed by atoms with Crippen LogP contribution >= 0.6 is 11.8 Å². The molecule has 0 spiro atoms. The minimum absolute atomic E-state index is 0.0492. The number of rotatable bonds is 12. The molecule has 3 heterocycles. The van der Waals surface area contributed by atoms with Crippen LogP contribution in [0.2, 0.25) is 0 Å². The van der Waals surface area contributed by atoms with Crippen LogP contribution in [0.1, 0.15) is 53.6 Å². The van der Waals surface area contributed by atoms with Crippen molar-refractivity contribution in [2.24, 2.45) is 5.92 Å². The number of thioether (sulfide) groups is 1. The number of hydrogen-bond donors (Lipinski definition) is 2. The molecule has 2 aliphatic rings. The summed E-state index contributed by atoms with van der Waals surface area (Å²) in [5.41, 5.74) is 5.88. The van der Waals surface area contributed by atoms with Crippen molar-refractivity contribution in [3.63, 3.8) is 0 Å². The summed E-state index contributed by atoms with van der Waals surface area (Å²) in [5.74, 6) is -0.393. The predicted molar refractivity (Wildman–Crippen MR) is 205 cm³/mol.